The Morgan fingerprint density at radius 3 is 2.52 bits per heavy atom. The summed E-state index contributed by atoms with van der Waals surface area (Å²) in [6.45, 7) is 2.10. The standard InChI is InChI=1S/C16H17ClN2O3S/c1-11-6-7-14(23(18,21)22)9-15(11)16(20)19(2)10-12-4-3-5-13(17)8-12/h3-9H,10H2,1-2H3,(H2,18,21,22). The molecule has 2 aromatic rings. The van der Waals surface area contributed by atoms with E-state index in [1.54, 1.807) is 32.2 Å². The molecule has 1 amide bonds. The van der Waals surface area contributed by atoms with E-state index in [-0.39, 0.29) is 10.8 Å². The van der Waals surface area contributed by atoms with E-state index in [1.807, 2.05) is 12.1 Å². The van der Waals surface area contributed by atoms with Gasteiger partial charge in [-0.05, 0) is 42.3 Å². The van der Waals surface area contributed by atoms with Crippen LogP contribution in [0.1, 0.15) is 21.5 Å². The van der Waals surface area contributed by atoms with E-state index in [9.17, 15) is 13.2 Å². The van der Waals surface area contributed by atoms with Crippen LogP contribution in [0.4, 0.5) is 0 Å². The first-order chi connectivity index (χ1) is 10.7. The fourth-order valence-corrected chi connectivity index (χ4v) is 2.95. The van der Waals surface area contributed by atoms with E-state index in [2.05, 4.69) is 0 Å². The van der Waals surface area contributed by atoms with Crippen LogP contribution in [0.5, 0.6) is 0 Å². The monoisotopic (exact) mass is 352 g/mol. The fraction of sp³-hybridized carbons (Fsp3) is 0.188. The van der Waals surface area contributed by atoms with Gasteiger partial charge in [-0.2, -0.15) is 0 Å². The van der Waals surface area contributed by atoms with Gasteiger partial charge in [0.05, 0.1) is 4.90 Å². The van der Waals surface area contributed by atoms with Crippen molar-refractivity contribution in [2.45, 2.75) is 18.4 Å². The first-order valence-corrected chi connectivity index (χ1v) is 8.74. The van der Waals surface area contributed by atoms with Crippen molar-refractivity contribution in [2.75, 3.05) is 7.05 Å². The maximum absolute atomic E-state index is 12.6. The molecule has 0 atom stereocenters. The predicted molar refractivity (Wildman–Crippen MR) is 89.8 cm³/mol. The zero-order chi connectivity index (χ0) is 17.2. The number of amides is 1. The van der Waals surface area contributed by atoms with Crippen LogP contribution in [0.3, 0.4) is 0 Å². The quantitative estimate of drug-likeness (QED) is 0.918. The summed E-state index contributed by atoms with van der Waals surface area (Å²) < 4.78 is 22.9. The minimum absolute atomic E-state index is 0.0809. The van der Waals surface area contributed by atoms with Crippen LogP contribution in [-0.4, -0.2) is 26.3 Å². The summed E-state index contributed by atoms with van der Waals surface area (Å²) in [6, 6.07) is 11.5. The third-order valence-corrected chi connectivity index (χ3v) is 4.57. The van der Waals surface area contributed by atoms with Gasteiger partial charge < -0.3 is 4.90 Å². The van der Waals surface area contributed by atoms with Gasteiger partial charge >= 0.3 is 0 Å². The first-order valence-electron chi connectivity index (χ1n) is 6.82. The molecule has 0 spiro atoms. The van der Waals surface area contributed by atoms with E-state index < -0.39 is 10.0 Å². The molecule has 0 unspecified atom stereocenters. The number of halogens is 1. The molecule has 122 valence electrons. The summed E-state index contributed by atoms with van der Waals surface area (Å²) in [6.07, 6.45) is 0. The van der Waals surface area contributed by atoms with E-state index in [1.165, 1.54) is 17.0 Å². The molecule has 5 nitrogen and oxygen atoms in total. The average molecular weight is 353 g/mol. The molecule has 0 aliphatic carbocycles. The molecule has 0 bridgehead atoms. The van der Waals surface area contributed by atoms with Crippen LogP contribution >= 0.6 is 11.6 Å². The highest BCUT2D eigenvalue weighted by molar-refractivity contribution is 7.89. The molecular formula is C16H17ClN2O3S. The third kappa shape index (κ3) is 4.31. The number of sulfonamides is 1. The highest BCUT2D eigenvalue weighted by Gasteiger charge is 2.18. The average Bonchev–Trinajstić information content (AvgIpc) is 2.45. The second kappa shape index (κ2) is 6.70. The molecule has 0 radical (unpaired) electrons. The van der Waals surface area contributed by atoms with E-state index >= 15 is 0 Å². The third-order valence-electron chi connectivity index (χ3n) is 3.42. The van der Waals surface area contributed by atoms with E-state index in [0.29, 0.717) is 22.7 Å². The number of aryl methyl sites for hydroxylation is 1. The number of benzene rings is 2. The second-order valence-corrected chi connectivity index (χ2v) is 7.31. The Kier molecular flexibility index (Phi) is 5.09. The van der Waals surface area contributed by atoms with Crippen LogP contribution in [0.2, 0.25) is 5.02 Å². The number of carbonyl (C=O) groups is 1. The molecule has 0 aromatic heterocycles. The topological polar surface area (TPSA) is 80.5 Å². The SMILES string of the molecule is Cc1ccc(S(N)(=O)=O)cc1C(=O)N(C)Cc1cccc(Cl)c1. The number of primary sulfonamides is 1. The lowest BCUT2D eigenvalue weighted by Gasteiger charge is -2.19. The molecule has 0 heterocycles. The Hall–Kier alpha value is -1.89. The molecule has 2 N–H and O–H groups in total. The van der Waals surface area contributed by atoms with Crippen molar-refractivity contribution in [1.29, 1.82) is 0 Å². The van der Waals surface area contributed by atoms with Gasteiger partial charge in [0.1, 0.15) is 0 Å². The van der Waals surface area contributed by atoms with Gasteiger partial charge in [0.2, 0.25) is 10.0 Å². The maximum atomic E-state index is 12.6. The Balaban J connectivity index is 2.29. The predicted octanol–water partition coefficient (Wildman–Crippen LogP) is 2.57. The van der Waals surface area contributed by atoms with Gasteiger partial charge in [0.25, 0.3) is 5.91 Å². The lowest BCUT2D eigenvalue weighted by atomic mass is 10.1. The van der Waals surface area contributed by atoms with Gasteiger partial charge in [0.15, 0.2) is 0 Å². The molecule has 0 saturated heterocycles. The van der Waals surface area contributed by atoms with Crippen LogP contribution in [-0.2, 0) is 16.6 Å². The molecule has 2 rings (SSSR count). The smallest absolute Gasteiger partial charge is 0.254 e. The van der Waals surface area contributed by atoms with Gasteiger partial charge in [-0.1, -0.05) is 29.8 Å². The minimum atomic E-state index is -3.85. The van der Waals surface area contributed by atoms with Crippen LogP contribution in [0.15, 0.2) is 47.4 Å². The molecule has 0 saturated carbocycles. The Morgan fingerprint density at radius 2 is 1.91 bits per heavy atom. The molecule has 0 fully saturated rings. The maximum Gasteiger partial charge on any atom is 0.254 e. The van der Waals surface area contributed by atoms with Gasteiger partial charge in [-0.25, -0.2) is 13.6 Å². The molecule has 0 aliphatic rings. The second-order valence-electron chi connectivity index (χ2n) is 5.31. The van der Waals surface area contributed by atoms with Crippen LogP contribution in [0.25, 0.3) is 0 Å². The van der Waals surface area contributed by atoms with Crippen molar-refractivity contribution in [2.24, 2.45) is 5.14 Å². The number of hydrogen-bond acceptors (Lipinski definition) is 3. The molecular weight excluding hydrogens is 336 g/mol. The summed E-state index contributed by atoms with van der Waals surface area (Å²) in [5.74, 6) is -0.284. The van der Waals surface area contributed by atoms with Gasteiger partial charge in [-0.15, -0.1) is 0 Å². The highest BCUT2D eigenvalue weighted by atomic mass is 35.5. The molecule has 23 heavy (non-hydrogen) atoms. The largest absolute Gasteiger partial charge is 0.337 e. The van der Waals surface area contributed by atoms with Crippen molar-refractivity contribution >= 4 is 27.5 Å². The number of hydrogen-bond donors (Lipinski definition) is 1. The van der Waals surface area contributed by atoms with Gasteiger partial charge in [-0.3, -0.25) is 4.79 Å². The Morgan fingerprint density at radius 1 is 1.22 bits per heavy atom. The first kappa shape index (κ1) is 17.5. The molecule has 7 heteroatoms. The minimum Gasteiger partial charge on any atom is -0.337 e. The lowest BCUT2D eigenvalue weighted by Crippen LogP contribution is -2.27. The molecule has 0 aliphatic heterocycles. The summed E-state index contributed by atoms with van der Waals surface area (Å²) in [5.41, 5.74) is 1.87. The Labute approximate surface area is 140 Å². The Bertz CT molecular complexity index is 850. The van der Waals surface area contributed by atoms with Crippen molar-refractivity contribution in [3.8, 4) is 0 Å². The normalized spacial score (nSPS) is 11.3. The summed E-state index contributed by atoms with van der Waals surface area (Å²) in [4.78, 5) is 14.0. The number of carbonyl (C=O) groups excluding carboxylic acids is 1. The highest BCUT2D eigenvalue weighted by Crippen LogP contribution is 2.18. The van der Waals surface area contributed by atoms with Crippen LogP contribution in [0, 0.1) is 6.92 Å². The summed E-state index contributed by atoms with van der Waals surface area (Å²) >= 11 is 5.94. The lowest BCUT2D eigenvalue weighted by molar-refractivity contribution is 0.0784. The van der Waals surface area contributed by atoms with Crippen molar-refractivity contribution in [3.63, 3.8) is 0 Å². The van der Waals surface area contributed by atoms with Crippen molar-refractivity contribution < 1.29 is 13.2 Å². The van der Waals surface area contributed by atoms with Gasteiger partial charge in [0, 0.05) is 24.2 Å². The number of nitrogens with zero attached hydrogens (tertiary/aromatic N) is 1. The molecule has 2 aromatic carbocycles. The van der Waals surface area contributed by atoms with Crippen molar-refractivity contribution in [3.05, 3.63) is 64.2 Å². The number of nitrogens with two attached hydrogens (primary N) is 1. The van der Waals surface area contributed by atoms with E-state index in [0.717, 1.165) is 5.56 Å². The fourth-order valence-electron chi connectivity index (χ4n) is 2.20. The summed E-state index contributed by atoms with van der Waals surface area (Å²) in [7, 11) is -2.21. The van der Waals surface area contributed by atoms with Crippen molar-refractivity contribution in [1.82, 2.24) is 4.90 Å². The van der Waals surface area contributed by atoms with Crippen LogP contribution < -0.4 is 5.14 Å². The number of rotatable bonds is 4. The summed E-state index contributed by atoms with van der Waals surface area (Å²) in [5, 5.41) is 5.72. The zero-order valence-electron chi connectivity index (χ0n) is 12.8. The van der Waals surface area contributed by atoms with E-state index in [4.69, 9.17) is 16.7 Å². The zero-order valence-corrected chi connectivity index (χ0v) is 14.4.